The first-order valence-electron chi connectivity index (χ1n) is 8.43. The van der Waals surface area contributed by atoms with Crippen molar-refractivity contribution in [2.45, 2.75) is 32.6 Å². The first-order chi connectivity index (χ1) is 11.3. The Morgan fingerprint density at radius 1 is 1.22 bits per heavy atom. The van der Waals surface area contributed by atoms with Gasteiger partial charge in [-0.3, -0.25) is 15.4 Å². The fourth-order valence-corrected chi connectivity index (χ4v) is 3.37. The first-order valence-corrected chi connectivity index (χ1v) is 8.43. The number of aryl methyl sites for hydroxylation is 1. The average molecular weight is 314 g/mol. The fraction of sp³-hybridized carbons (Fsp3) is 0.500. The Morgan fingerprint density at radius 3 is 2.78 bits per heavy atom. The number of aliphatic imine (C=N–C) groups is 1. The number of anilines is 1. The van der Waals surface area contributed by atoms with Gasteiger partial charge in [0, 0.05) is 24.8 Å². The number of aromatic amines is 1. The van der Waals surface area contributed by atoms with E-state index in [0.29, 0.717) is 0 Å². The summed E-state index contributed by atoms with van der Waals surface area (Å²) in [5, 5.41) is 15.5. The van der Waals surface area contributed by atoms with Crippen molar-refractivity contribution in [2.75, 3.05) is 25.0 Å². The molecule has 0 saturated carbocycles. The Morgan fingerprint density at radius 2 is 2.04 bits per heavy atom. The summed E-state index contributed by atoms with van der Waals surface area (Å²) in [6.45, 7) is 5.11. The number of H-pyrrole nitrogens is 1. The summed E-state index contributed by atoms with van der Waals surface area (Å²) in [5.41, 5.74) is 1.05. The second-order valence-electron chi connectivity index (χ2n) is 6.37. The van der Waals surface area contributed by atoms with Crippen LogP contribution in [0.4, 0.5) is 5.82 Å². The zero-order valence-electron chi connectivity index (χ0n) is 13.5. The molecule has 1 aromatic heterocycles. The molecule has 1 saturated heterocycles. The highest BCUT2D eigenvalue weighted by molar-refractivity contribution is 5.79. The van der Waals surface area contributed by atoms with Crippen LogP contribution < -0.4 is 10.2 Å². The van der Waals surface area contributed by atoms with Crippen LogP contribution in [0.2, 0.25) is 0 Å². The average Bonchev–Trinajstić information content (AvgIpc) is 3.08. The highest BCUT2D eigenvalue weighted by Gasteiger charge is 2.33. The number of hydrazine groups is 1. The van der Waals surface area contributed by atoms with E-state index in [1.807, 2.05) is 19.2 Å². The van der Waals surface area contributed by atoms with Crippen LogP contribution in [0, 0.1) is 6.92 Å². The first kappa shape index (κ1) is 14.5. The summed E-state index contributed by atoms with van der Waals surface area (Å²) in [6.07, 6.45) is 11.4. The summed E-state index contributed by atoms with van der Waals surface area (Å²) >= 11 is 0. The predicted molar refractivity (Wildman–Crippen MR) is 89.3 cm³/mol. The second-order valence-corrected chi connectivity index (χ2v) is 6.37. The van der Waals surface area contributed by atoms with Crippen LogP contribution in [0.1, 0.15) is 31.4 Å². The molecule has 7 heteroatoms. The molecule has 7 nitrogen and oxygen atoms in total. The van der Waals surface area contributed by atoms with Crippen molar-refractivity contribution in [3.63, 3.8) is 0 Å². The van der Waals surface area contributed by atoms with E-state index in [1.54, 1.807) is 0 Å². The van der Waals surface area contributed by atoms with Crippen molar-refractivity contribution in [3.05, 3.63) is 36.2 Å². The predicted octanol–water partition coefficient (Wildman–Crippen LogP) is 0.804. The van der Waals surface area contributed by atoms with E-state index in [-0.39, 0.29) is 0 Å². The number of nitrogens with one attached hydrogen (secondary N) is 3. The summed E-state index contributed by atoms with van der Waals surface area (Å²) < 4.78 is 0. The van der Waals surface area contributed by atoms with Gasteiger partial charge in [-0.15, -0.1) is 0 Å². The third-order valence-corrected chi connectivity index (χ3v) is 4.58. The zero-order valence-corrected chi connectivity index (χ0v) is 13.5. The van der Waals surface area contributed by atoms with E-state index in [1.165, 1.54) is 30.6 Å². The zero-order chi connectivity index (χ0) is 15.6. The van der Waals surface area contributed by atoms with E-state index in [2.05, 4.69) is 42.9 Å². The van der Waals surface area contributed by atoms with Gasteiger partial charge >= 0.3 is 0 Å². The van der Waals surface area contributed by atoms with Crippen molar-refractivity contribution in [1.82, 2.24) is 20.2 Å². The second kappa shape index (κ2) is 6.17. The SMILES string of the molecule is Cc1cc(NC2=CN(N3CCCCCC3)CC3=NC=C[NH+]23)n[nH]1. The van der Waals surface area contributed by atoms with Gasteiger partial charge < -0.3 is 0 Å². The molecule has 1 unspecified atom stereocenters. The van der Waals surface area contributed by atoms with Gasteiger partial charge in [-0.2, -0.15) is 5.10 Å². The number of fused-ring (bicyclic) bond motifs is 1. The van der Waals surface area contributed by atoms with Gasteiger partial charge in [-0.25, -0.2) is 14.9 Å². The molecule has 0 aromatic carbocycles. The van der Waals surface area contributed by atoms with Gasteiger partial charge in [0.2, 0.25) is 11.7 Å². The van der Waals surface area contributed by atoms with Crippen LogP contribution in [-0.4, -0.2) is 45.7 Å². The Bertz CT molecular complexity index is 649. The van der Waals surface area contributed by atoms with Gasteiger partial charge in [-0.05, 0) is 19.8 Å². The number of aromatic nitrogens is 2. The normalized spacial score (nSPS) is 24.9. The lowest BCUT2D eigenvalue weighted by Gasteiger charge is -2.36. The van der Waals surface area contributed by atoms with Crippen LogP contribution in [0.15, 0.2) is 35.5 Å². The lowest BCUT2D eigenvalue weighted by molar-refractivity contribution is -0.700. The molecule has 0 spiro atoms. The molecule has 0 bridgehead atoms. The largest absolute Gasteiger partial charge is 0.294 e. The van der Waals surface area contributed by atoms with E-state index >= 15 is 0 Å². The third kappa shape index (κ3) is 3.02. The molecular formula is C16H24N7+. The number of rotatable bonds is 3. The highest BCUT2D eigenvalue weighted by Crippen LogP contribution is 2.15. The number of quaternary nitrogens is 1. The van der Waals surface area contributed by atoms with Gasteiger partial charge in [0.05, 0.1) is 12.4 Å². The molecule has 1 fully saturated rings. The lowest BCUT2D eigenvalue weighted by Crippen LogP contribution is -3.10. The van der Waals surface area contributed by atoms with E-state index < -0.39 is 0 Å². The Kier molecular flexibility index (Phi) is 3.88. The third-order valence-electron chi connectivity index (χ3n) is 4.58. The van der Waals surface area contributed by atoms with Crippen LogP contribution >= 0.6 is 0 Å². The van der Waals surface area contributed by atoms with Crippen molar-refractivity contribution >= 4 is 11.7 Å². The molecule has 3 aliphatic rings. The minimum Gasteiger partial charge on any atom is -0.294 e. The molecule has 3 aliphatic heterocycles. The Balaban J connectivity index is 1.58. The molecule has 0 amide bonds. The maximum Gasteiger partial charge on any atom is 0.234 e. The Hall–Kier alpha value is -2.12. The molecule has 0 radical (unpaired) electrons. The molecule has 4 heterocycles. The molecule has 122 valence electrons. The molecule has 23 heavy (non-hydrogen) atoms. The van der Waals surface area contributed by atoms with E-state index in [4.69, 9.17) is 0 Å². The highest BCUT2D eigenvalue weighted by atomic mass is 15.6. The van der Waals surface area contributed by atoms with E-state index in [0.717, 1.165) is 42.8 Å². The van der Waals surface area contributed by atoms with E-state index in [9.17, 15) is 0 Å². The van der Waals surface area contributed by atoms with Crippen molar-refractivity contribution in [2.24, 2.45) is 4.99 Å². The van der Waals surface area contributed by atoms with Crippen LogP contribution in [0.25, 0.3) is 0 Å². The van der Waals surface area contributed by atoms with Gasteiger partial charge in [-0.1, -0.05) is 12.8 Å². The lowest BCUT2D eigenvalue weighted by atomic mass is 10.2. The molecule has 4 rings (SSSR count). The topological polar surface area (TPSA) is 64.0 Å². The maximum absolute atomic E-state index is 4.54. The van der Waals surface area contributed by atoms with Gasteiger partial charge in [0.15, 0.2) is 5.82 Å². The molecule has 3 N–H and O–H groups in total. The van der Waals surface area contributed by atoms with Crippen LogP contribution in [0.5, 0.6) is 0 Å². The summed E-state index contributed by atoms with van der Waals surface area (Å²) in [6, 6.07) is 2.02. The van der Waals surface area contributed by atoms with Gasteiger partial charge in [0.1, 0.15) is 12.7 Å². The summed E-state index contributed by atoms with van der Waals surface area (Å²) in [7, 11) is 0. The van der Waals surface area contributed by atoms with Crippen LogP contribution in [-0.2, 0) is 0 Å². The van der Waals surface area contributed by atoms with Crippen molar-refractivity contribution in [1.29, 1.82) is 0 Å². The smallest absolute Gasteiger partial charge is 0.234 e. The number of hydrogen-bond acceptors (Lipinski definition) is 5. The summed E-state index contributed by atoms with van der Waals surface area (Å²) in [5.74, 6) is 3.05. The quantitative estimate of drug-likeness (QED) is 0.772. The van der Waals surface area contributed by atoms with Crippen molar-refractivity contribution in [3.8, 4) is 0 Å². The molecule has 1 atom stereocenters. The number of hydrogen-bond donors (Lipinski definition) is 3. The minimum atomic E-state index is 0.846. The number of amidine groups is 1. The number of nitrogens with zero attached hydrogens (tertiary/aromatic N) is 4. The Labute approximate surface area is 136 Å². The molecular weight excluding hydrogens is 290 g/mol. The maximum atomic E-state index is 4.54. The standard InChI is InChI=1S/C16H23N7/c1-13-10-14(20-19-13)18-16-12-22(11-15-17-6-9-23(15)16)21-7-4-2-3-5-8-21/h6,9-10,12H,2-5,7-8,11H2,1H3,(H2,18,19,20)/p+1. The molecule has 0 aliphatic carbocycles. The van der Waals surface area contributed by atoms with Crippen LogP contribution in [0.3, 0.4) is 0 Å². The van der Waals surface area contributed by atoms with Crippen molar-refractivity contribution < 1.29 is 4.90 Å². The fourth-order valence-electron chi connectivity index (χ4n) is 3.37. The van der Waals surface area contributed by atoms with Gasteiger partial charge in [0.25, 0.3) is 0 Å². The monoisotopic (exact) mass is 314 g/mol. The molecule has 1 aromatic rings. The summed E-state index contributed by atoms with van der Waals surface area (Å²) in [4.78, 5) is 5.72. The minimum absolute atomic E-state index is 0.846.